The third kappa shape index (κ3) is 3.18. The van der Waals surface area contributed by atoms with Crippen molar-refractivity contribution in [2.75, 3.05) is 24.5 Å². The van der Waals surface area contributed by atoms with E-state index in [4.69, 9.17) is 0 Å². The summed E-state index contributed by atoms with van der Waals surface area (Å²) in [5.74, 6) is -0.0296. The Kier molecular flexibility index (Phi) is 4.39. The Bertz CT molecular complexity index is 1050. The lowest BCUT2D eigenvalue weighted by molar-refractivity contribution is 0.0673. The van der Waals surface area contributed by atoms with Gasteiger partial charge in [0.05, 0.1) is 5.56 Å². The van der Waals surface area contributed by atoms with Gasteiger partial charge in [0.1, 0.15) is 0 Å². The van der Waals surface area contributed by atoms with Crippen LogP contribution in [0.25, 0.3) is 10.8 Å². The van der Waals surface area contributed by atoms with Crippen molar-refractivity contribution in [1.82, 2.24) is 14.9 Å². The molecule has 3 heterocycles. The van der Waals surface area contributed by atoms with Gasteiger partial charge in [-0.15, -0.1) is 0 Å². The van der Waals surface area contributed by atoms with Crippen molar-refractivity contribution in [3.63, 3.8) is 0 Å². The molecule has 0 spiro atoms. The molecule has 1 saturated heterocycles. The number of fused-ring (bicyclic) bond motifs is 1. The topological polar surface area (TPSA) is 69.3 Å². The number of aromatic nitrogens is 2. The van der Waals surface area contributed by atoms with Gasteiger partial charge in [0.15, 0.2) is 0 Å². The maximum Gasteiger partial charge on any atom is 0.255 e. The normalized spacial score (nSPS) is 17.3. The third-order valence-corrected chi connectivity index (χ3v) is 5.25. The number of nitrogens with zero attached hydrogens (tertiary/aromatic N) is 3. The lowest BCUT2D eigenvalue weighted by Gasteiger charge is -2.41. The van der Waals surface area contributed by atoms with E-state index in [1.54, 1.807) is 6.92 Å². The molecule has 4 rings (SSSR count). The monoisotopic (exact) mass is 362 g/mol. The fourth-order valence-electron chi connectivity index (χ4n) is 3.82. The van der Waals surface area contributed by atoms with Crippen LogP contribution in [0, 0.1) is 6.92 Å². The average Bonchev–Trinajstić information content (AvgIpc) is 2.67. The maximum absolute atomic E-state index is 13.0. The highest BCUT2D eigenvalue weighted by atomic mass is 16.2. The number of amides is 1. The molecule has 2 aromatic heterocycles. The highest BCUT2D eigenvalue weighted by molar-refractivity contribution is 5.96. The zero-order chi connectivity index (χ0) is 19.0. The molecule has 0 aliphatic carbocycles. The maximum atomic E-state index is 13.0. The molecule has 1 N–H and O–H groups in total. The van der Waals surface area contributed by atoms with Gasteiger partial charge in [-0.2, -0.15) is 0 Å². The van der Waals surface area contributed by atoms with Crippen LogP contribution < -0.4 is 10.5 Å². The summed E-state index contributed by atoms with van der Waals surface area (Å²) in [6.45, 7) is 6.03. The first-order chi connectivity index (χ1) is 13.0. The van der Waals surface area contributed by atoms with Crippen LogP contribution in [-0.4, -0.2) is 46.5 Å². The molecule has 6 heteroatoms. The van der Waals surface area contributed by atoms with E-state index in [0.29, 0.717) is 17.7 Å². The van der Waals surface area contributed by atoms with Crippen LogP contribution in [0.4, 0.5) is 5.69 Å². The fraction of sp³-hybridized carbons (Fsp3) is 0.286. The van der Waals surface area contributed by atoms with Crippen molar-refractivity contribution in [2.24, 2.45) is 0 Å². The SMILES string of the molecule is Cc1cc(=O)[nH]cc1C(=O)N1CCN(c2cccc3cnccc23)CC1C. The van der Waals surface area contributed by atoms with E-state index in [9.17, 15) is 9.59 Å². The van der Waals surface area contributed by atoms with Gasteiger partial charge in [-0.3, -0.25) is 14.6 Å². The molecule has 6 nitrogen and oxygen atoms in total. The molecule has 1 aliphatic heterocycles. The minimum atomic E-state index is -0.188. The van der Waals surface area contributed by atoms with Crippen LogP contribution in [0.5, 0.6) is 0 Å². The first-order valence-electron chi connectivity index (χ1n) is 9.12. The van der Waals surface area contributed by atoms with Crippen LogP contribution in [0.1, 0.15) is 22.8 Å². The van der Waals surface area contributed by atoms with Crippen LogP contribution in [0.15, 0.2) is 53.7 Å². The first-order valence-corrected chi connectivity index (χ1v) is 9.12. The molecular formula is C21H22N4O2. The van der Waals surface area contributed by atoms with Crippen LogP contribution in [0.2, 0.25) is 0 Å². The number of H-pyrrole nitrogens is 1. The second-order valence-electron chi connectivity index (χ2n) is 7.06. The molecule has 1 aliphatic rings. The molecule has 3 aromatic rings. The van der Waals surface area contributed by atoms with Crippen molar-refractivity contribution >= 4 is 22.4 Å². The minimum Gasteiger partial charge on any atom is -0.367 e. The summed E-state index contributed by atoms with van der Waals surface area (Å²) in [6, 6.07) is 9.81. The number of hydrogen-bond acceptors (Lipinski definition) is 4. The number of rotatable bonds is 2. The molecule has 1 unspecified atom stereocenters. The first kappa shape index (κ1) is 17.3. The predicted molar refractivity (Wildman–Crippen MR) is 106 cm³/mol. The van der Waals surface area contributed by atoms with Crippen LogP contribution >= 0.6 is 0 Å². The number of nitrogens with one attached hydrogen (secondary N) is 1. The molecule has 1 amide bonds. The van der Waals surface area contributed by atoms with Gasteiger partial charge < -0.3 is 14.8 Å². The highest BCUT2D eigenvalue weighted by Gasteiger charge is 2.29. The molecule has 138 valence electrons. The quantitative estimate of drug-likeness (QED) is 0.761. The second kappa shape index (κ2) is 6.87. The Morgan fingerprint density at radius 3 is 2.89 bits per heavy atom. The van der Waals surface area contributed by atoms with Gasteiger partial charge in [0.25, 0.3) is 5.91 Å². The van der Waals surface area contributed by atoms with E-state index in [2.05, 4.69) is 33.9 Å². The van der Waals surface area contributed by atoms with E-state index in [1.165, 1.54) is 23.3 Å². The zero-order valence-electron chi connectivity index (χ0n) is 15.5. The summed E-state index contributed by atoms with van der Waals surface area (Å²) in [4.78, 5) is 35.4. The Labute approximate surface area is 157 Å². The average molecular weight is 362 g/mol. The number of benzene rings is 1. The predicted octanol–water partition coefficient (Wildman–Crippen LogP) is 2.58. The molecule has 0 bridgehead atoms. The van der Waals surface area contributed by atoms with Gasteiger partial charge >= 0.3 is 0 Å². The van der Waals surface area contributed by atoms with Crippen molar-refractivity contribution in [2.45, 2.75) is 19.9 Å². The molecule has 0 saturated carbocycles. The summed E-state index contributed by atoms with van der Waals surface area (Å²) < 4.78 is 0. The highest BCUT2D eigenvalue weighted by Crippen LogP contribution is 2.28. The zero-order valence-corrected chi connectivity index (χ0v) is 15.5. The van der Waals surface area contributed by atoms with Crippen LogP contribution in [0.3, 0.4) is 0 Å². The van der Waals surface area contributed by atoms with Gasteiger partial charge in [0.2, 0.25) is 5.56 Å². The Balaban J connectivity index is 1.57. The summed E-state index contributed by atoms with van der Waals surface area (Å²) in [5, 5.41) is 2.29. The number of aromatic amines is 1. The number of carbonyl (C=O) groups excluding carboxylic acids is 1. The second-order valence-corrected chi connectivity index (χ2v) is 7.06. The third-order valence-electron chi connectivity index (χ3n) is 5.25. The molecular weight excluding hydrogens is 340 g/mol. The molecule has 27 heavy (non-hydrogen) atoms. The van der Waals surface area contributed by atoms with Crippen LogP contribution in [-0.2, 0) is 0 Å². The van der Waals surface area contributed by atoms with Gasteiger partial charge in [-0.05, 0) is 31.5 Å². The lowest BCUT2D eigenvalue weighted by Crippen LogP contribution is -2.54. The summed E-state index contributed by atoms with van der Waals surface area (Å²) in [5.41, 5.74) is 2.26. The van der Waals surface area contributed by atoms with Crippen molar-refractivity contribution in [1.29, 1.82) is 0 Å². The van der Waals surface area contributed by atoms with E-state index in [1.807, 2.05) is 29.4 Å². The molecule has 1 atom stereocenters. The van der Waals surface area contributed by atoms with Crippen molar-refractivity contribution < 1.29 is 4.79 Å². The van der Waals surface area contributed by atoms with E-state index < -0.39 is 0 Å². The van der Waals surface area contributed by atoms with Gasteiger partial charge in [0, 0.05) is 66.8 Å². The molecule has 1 fully saturated rings. The van der Waals surface area contributed by atoms with Gasteiger partial charge in [-0.25, -0.2) is 0 Å². The number of hydrogen-bond donors (Lipinski definition) is 1. The summed E-state index contributed by atoms with van der Waals surface area (Å²) >= 11 is 0. The number of carbonyl (C=O) groups is 1. The number of piperazine rings is 1. The Morgan fingerprint density at radius 1 is 1.26 bits per heavy atom. The standard InChI is InChI=1S/C21H22N4O2/c1-14-10-20(26)23-12-18(14)21(27)25-9-8-24(13-15(25)2)19-5-3-4-16-11-22-7-6-17(16)19/h3-7,10-12,15H,8-9,13H2,1-2H3,(H,23,26). The lowest BCUT2D eigenvalue weighted by atomic mass is 10.1. The number of pyridine rings is 2. The summed E-state index contributed by atoms with van der Waals surface area (Å²) in [6.07, 6.45) is 5.21. The smallest absolute Gasteiger partial charge is 0.255 e. The van der Waals surface area contributed by atoms with E-state index >= 15 is 0 Å². The van der Waals surface area contributed by atoms with E-state index in [0.717, 1.165) is 18.5 Å². The molecule has 1 aromatic carbocycles. The largest absolute Gasteiger partial charge is 0.367 e. The number of aryl methyl sites for hydroxylation is 1. The Morgan fingerprint density at radius 2 is 2.11 bits per heavy atom. The number of anilines is 1. The fourth-order valence-corrected chi connectivity index (χ4v) is 3.82. The minimum absolute atomic E-state index is 0.0296. The van der Waals surface area contributed by atoms with Crippen molar-refractivity contribution in [3.8, 4) is 0 Å². The van der Waals surface area contributed by atoms with Gasteiger partial charge in [-0.1, -0.05) is 12.1 Å². The molecule has 0 radical (unpaired) electrons. The van der Waals surface area contributed by atoms with Crippen molar-refractivity contribution in [3.05, 3.63) is 70.4 Å². The summed E-state index contributed by atoms with van der Waals surface area (Å²) in [7, 11) is 0. The van der Waals surface area contributed by atoms with E-state index in [-0.39, 0.29) is 17.5 Å². The Hall–Kier alpha value is -3.15.